The van der Waals surface area contributed by atoms with E-state index in [0.29, 0.717) is 11.8 Å². The topological polar surface area (TPSA) is 58.9 Å². The highest BCUT2D eigenvalue weighted by Crippen LogP contribution is 2.34. The maximum atomic E-state index is 9.92. The smallest absolute Gasteiger partial charge is 0.211 e. The van der Waals surface area contributed by atoms with Gasteiger partial charge < -0.3 is 0 Å². The number of aliphatic imine (C=N–C) groups is 2. The molecule has 1 heterocycles. The maximum absolute atomic E-state index is 9.92. The van der Waals surface area contributed by atoms with Gasteiger partial charge in [0.25, 0.3) is 0 Å². The Morgan fingerprint density at radius 3 is 1.68 bits per heavy atom. The molecule has 1 fully saturated rings. The summed E-state index contributed by atoms with van der Waals surface area (Å²) in [6.45, 7) is 0. The molecule has 0 radical (unpaired) electrons. The summed E-state index contributed by atoms with van der Waals surface area (Å²) < 4.78 is 0. The zero-order chi connectivity index (χ0) is 15.9. The summed E-state index contributed by atoms with van der Waals surface area (Å²) in [6.07, 6.45) is 8.07. The van der Waals surface area contributed by atoms with Crippen LogP contribution in [0.3, 0.4) is 0 Å². The maximum Gasteiger partial charge on any atom is 0.235 e. The van der Waals surface area contributed by atoms with Crippen molar-refractivity contribution in [3.63, 3.8) is 0 Å². The molecular weight excluding hydrogens is 356 g/mol. The van der Waals surface area contributed by atoms with Crippen molar-refractivity contribution in [3.8, 4) is 0 Å². The molecule has 1 saturated heterocycles. The van der Waals surface area contributed by atoms with Crippen LogP contribution in [0.5, 0.6) is 0 Å². The molecule has 0 aromatic heterocycles. The lowest BCUT2D eigenvalue weighted by atomic mass is 10.2. The van der Waals surface area contributed by atoms with E-state index in [1.54, 1.807) is 35.7 Å². The fourth-order valence-electron chi connectivity index (χ4n) is 2.02. The number of carbonyl (C=O) groups excluding carboxylic acids is 2. The first-order valence-corrected chi connectivity index (χ1v) is 11.7. The molecule has 0 bridgehead atoms. The van der Waals surface area contributed by atoms with Crippen molar-refractivity contribution in [2.24, 2.45) is 9.98 Å². The first kappa shape index (κ1) is 20.2. The van der Waals surface area contributed by atoms with Gasteiger partial charge in [-0.1, -0.05) is 0 Å². The largest absolute Gasteiger partial charge is 0.235 e. The standard InChI is InChI=1S/C14H22N2O2S4/c17-9-15-11-19-5-1-3-13-7-22-14(8-21-13)4-2-6-20-12-16-10-18/h13-14H,1-8,11-12H2. The van der Waals surface area contributed by atoms with Crippen LogP contribution in [-0.4, -0.2) is 57.4 Å². The molecule has 1 rings (SSSR count). The summed E-state index contributed by atoms with van der Waals surface area (Å²) in [6, 6.07) is 0. The Hall–Kier alpha value is 0.160. The average Bonchev–Trinajstić information content (AvgIpc) is 2.55. The van der Waals surface area contributed by atoms with Gasteiger partial charge in [-0.3, -0.25) is 0 Å². The molecule has 0 aromatic rings. The highest BCUT2D eigenvalue weighted by atomic mass is 32.2. The van der Waals surface area contributed by atoms with Crippen molar-refractivity contribution in [1.82, 2.24) is 0 Å². The van der Waals surface area contributed by atoms with Crippen LogP contribution in [0, 0.1) is 0 Å². The number of nitrogens with zero attached hydrogens (tertiary/aromatic N) is 2. The van der Waals surface area contributed by atoms with Gasteiger partial charge in [-0.2, -0.15) is 33.5 Å². The van der Waals surface area contributed by atoms with Crippen molar-refractivity contribution >= 4 is 59.2 Å². The van der Waals surface area contributed by atoms with Gasteiger partial charge in [-0.05, 0) is 37.2 Å². The Balaban J connectivity index is 1.94. The minimum Gasteiger partial charge on any atom is -0.211 e. The Bertz CT molecular complexity index is 341. The van der Waals surface area contributed by atoms with Crippen molar-refractivity contribution in [2.75, 3.05) is 34.8 Å². The van der Waals surface area contributed by atoms with E-state index < -0.39 is 0 Å². The van der Waals surface area contributed by atoms with Crippen molar-refractivity contribution in [1.29, 1.82) is 0 Å². The van der Waals surface area contributed by atoms with Gasteiger partial charge in [-0.25, -0.2) is 9.59 Å². The molecule has 22 heavy (non-hydrogen) atoms. The van der Waals surface area contributed by atoms with Gasteiger partial charge in [-0.15, -0.1) is 23.5 Å². The number of hydrogen-bond acceptors (Lipinski definition) is 8. The molecule has 1 aliphatic rings. The third-order valence-electron chi connectivity index (χ3n) is 3.11. The summed E-state index contributed by atoms with van der Waals surface area (Å²) >= 11 is 7.65. The molecule has 0 aliphatic carbocycles. The van der Waals surface area contributed by atoms with Gasteiger partial charge in [0.15, 0.2) is 0 Å². The molecule has 0 spiro atoms. The zero-order valence-electron chi connectivity index (χ0n) is 12.6. The van der Waals surface area contributed by atoms with Crippen LogP contribution >= 0.6 is 47.0 Å². The number of thioether (sulfide) groups is 4. The molecule has 0 aromatic carbocycles. The van der Waals surface area contributed by atoms with Crippen LogP contribution in [0.1, 0.15) is 25.7 Å². The van der Waals surface area contributed by atoms with E-state index in [9.17, 15) is 9.59 Å². The molecule has 124 valence electrons. The highest BCUT2D eigenvalue weighted by molar-refractivity contribution is 8.07. The first-order valence-electron chi connectivity index (χ1n) is 7.32. The minimum absolute atomic E-state index is 0.550. The van der Waals surface area contributed by atoms with Crippen LogP contribution in [0.2, 0.25) is 0 Å². The fourth-order valence-corrected chi connectivity index (χ4v) is 6.52. The lowest BCUT2D eigenvalue weighted by Gasteiger charge is -2.27. The van der Waals surface area contributed by atoms with Crippen LogP contribution < -0.4 is 0 Å². The summed E-state index contributed by atoms with van der Waals surface area (Å²) in [5.41, 5.74) is 0. The molecule has 2 unspecified atom stereocenters. The molecular formula is C14H22N2O2S4. The van der Waals surface area contributed by atoms with Gasteiger partial charge in [0, 0.05) is 22.0 Å². The molecule has 2 atom stereocenters. The van der Waals surface area contributed by atoms with Crippen molar-refractivity contribution in [3.05, 3.63) is 0 Å². The minimum atomic E-state index is 0.550. The Morgan fingerprint density at radius 2 is 1.32 bits per heavy atom. The number of rotatable bonds is 12. The Labute approximate surface area is 149 Å². The third-order valence-corrected chi connectivity index (χ3v) is 8.24. The van der Waals surface area contributed by atoms with Crippen molar-refractivity contribution < 1.29 is 9.59 Å². The van der Waals surface area contributed by atoms with E-state index in [1.807, 2.05) is 0 Å². The van der Waals surface area contributed by atoms with Gasteiger partial charge in [0.2, 0.25) is 12.2 Å². The second-order valence-electron chi connectivity index (χ2n) is 4.77. The summed E-state index contributed by atoms with van der Waals surface area (Å²) in [5, 5.41) is 1.57. The monoisotopic (exact) mass is 378 g/mol. The lowest BCUT2D eigenvalue weighted by Crippen LogP contribution is -2.21. The summed E-state index contributed by atoms with van der Waals surface area (Å²) in [7, 11) is 0. The van der Waals surface area contributed by atoms with Crippen LogP contribution in [0.25, 0.3) is 0 Å². The van der Waals surface area contributed by atoms with E-state index in [0.717, 1.165) is 22.0 Å². The second kappa shape index (κ2) is 14.7. The predicted octanol–water partition coefficient (Wildman–Crippen LogP) is 3.82. The van der Waals surface area contributed by atoms with E-state index in [-0.39, 0.29) is 0 Å². The molecule has 0 amide bonds. The van der Waals surface area contributed by atoms with Crippen LogP contribution in [-0.2, 0) is 9.59 Å². The fraction of sp³-hybridized carbons (Fsp3) is 0.857. The van der Waals surface area contributed by atoms with E-state index in [2.05, 4.69) is 33.5 Å². The molecule has 1 aliphatic heterocycles. The second-order valence-corrected chi connectivity index (χ2v) is 9.58. The van der Waals surface area contributed by atoms with Gasteiger partial charge in [0.05, 0.1) is 11.8 Å². The third kappa shape index (κ3) is 10.8. The van der Waals surface area contributed by atoms with Crippen LogP contribution in [0.4, 0.5) is 0 Å². The summed E-state index contributed by atoms with van der Waals surface area (Å²) in [5.74, 6) is 5.78. The molecule has 0 saturated carbocycles. The Kier molecular flexibility index (Phi) is 13.5. The van der Waals surface area contributed by atoms with E-state index >= 15 is 0 Å². The quantitative estimate of drug-likeness (QED) is 0.292. The first-order chi connectivity index (χ1) is 10.9. The molecule has 8 heteroatoms. The van der Waals surface area contributed by atoms with Gasteiger partial charge in [0.1, 0.15) is 0 Å². The van der Waals surface area contributed by atoms with E-state index in [4.69, 9.17) is 0 Å². The molecule has 4 nitrogen and oxygen atoms in total. The number of isocyanates is 2. The molecule has 0 N–H and O–H groups in total. The van der Waals surface area contributed by atoms with E-state index in [1.165, 1.54) is 37.2 Å². The SMILES string of the molecule is O=C=NCSCCCC1CSC(CCCSCN=C=O)CS1. The van der Waals surface area contributed by atoms with Crippen LogP contribution in [0.15, 0.2) is 9.98 Å². The zero-order valence-corrected chi connectivity index (χ0v) is 15.8. The normalized spacial score (nSPS) is 20.9. The average molecular weight is 379 g/mol. The summed E-state index contributed by atoms with van der Waals surface area (Å²) in [4.78, 5) is 26.9. The number of hydrogen-bond donors (Lipinski definition) is 0. The predicted molar refractivity (Wildman–Crippen MR) is 102 cm³/mol. The van der Waals surface area contributed by atoms with Crippen molar-refractivity contribution in [2.45, 2.75) is 36.2 Å². The van der Waals surface area contributed by atoms with Gasteiger partial charge >= 0.3 is 0 Å². The lowest BCUT2D eigenvalue weighted by molar-refractivity contribution is 0.563. The highest BCUT2D eigenvalue weighted by Gasteiger charge is 2.21. The Morgan fingerprint density at radius 1 is 0.864 bits per heavy atom.